The van der Waals surface area contributed by atoms with Crippen LogP contribution in [0, 0.1) is 6.92 Å². The number of ether oxygens (including phenoxy) is 1. The molecule has 4 nitrogen and oxygen atoms in total. The Bertz CT molecular complexity index is 1600. The van der Waals surface area contributed by atoms with Crippen LogP contribution in [0.1, 0.15) is 48.9 Å². The number of aryl methyl sites for hydroxylation is 1. The average Bonchev–Trinajstić information content (AvgIpc) is 3.35. The van der Waals surface area contributed by atoms with E-state index in [-0.39, 0.29) is 11.6 Å². The normalized spacial score (nSPS) is 14.9. The summed E-state index contributed by atoms with van der Waals surface area (Å²) >= 11 is 0. The molecule has 1 aliphatic rings. The Labute approximate surface area is 209 Å². The number of aromatic nitrogens is 1. The monoisotopic (exact) mass is 471 g/mol. The molecule has 0 bridgehead atoms. The molecule has 6 rings (SSSR count). The molecule has 1 unspecified atom stereocenters. The van der Waals surface area contributed by atoms with E-state index in [1.165, 1.54) is 11.1 Å². The molecule has 4 heteroatoms. The maximum absolute atomic E-state index is 13.5. The number of Topliss-reactive ketones (excluding diaryl/α,β-unsaturated/α-hetero) is 2. The van der Waals surface area contributed by atoms with E-state index in [2.05, 4.69) is 29.8 Å². The second kappa shape index (κ2) is 8.97. The zero-order chi connectivity index (χ0) is 24.6. The number of fused-ring (bicyclic) bond motifs is 2. The number of hydrogen-bond acceptors (Lipinski definition) is 3. The third-order valence-corrected chi connectivity index (χ3v) is 6.93. The number of rotatable bonds is 6. The molecule has 0 saturated carbocycles. The van der Waals surface area contributed by atoms with Crippen molar-refractivity contribution < 1.29 is 14.3 Å². The SMILES string of the molecule is Cc1cn(Cc2ccccc2)c2cc(C3C(=O)c4ccc(OCc5ccccc5)cc4C3=O)ccc12. The fraction of sp³-hybridized carbons (Fsp3) is 0.125. The highest BCUT2D eigenvalue weighted by Gasteiger charge is 2.40. The molecular formula is C32H25NO3. The lowest BCUT2D eigenvalue weighted by atomic mass is 9.93. The van der Waals surface area contributed by atoms with Gasteiger partial charge in [0.2, 0.25) is 0 Å². The molecule has 0 radical (unpaired) electrons. The van der Waals surface area contributed by atoms with Crippen molar-refractivity contribution in [2.45, 2.75) is 26.0 Å². The van der Waals surface area contributed by atoms with E-state index in [4.69, 9.17) is 4.74 Å². The molecule has 176 valence electrons. The van der Waals surface area contributed by atoms with Gasteiger partial charge in [0.05, 0.1) is 0 Å². The van der Waals surface area contributed by atoms with Gasteiger partial charge in [-0.25, -0.2) is 0 Å². The van der Waals surface area contributed by atoms with Gasteiger partial charge in [0.25, 0.3) is 0 Å². The van der Waals surface area contributed by atoms with Crippen LogP contribution in [0.2, 0.25) is 0 Å². The molecule has 1 aliphatic carbocycles. The van der Waals surface area contributed by atoms with Crippen molar-refractivity contribution in [1.29, 1.82) is 0 Å². The number of carbonyl (C=O) groups is 2. The summed E-state index contributed by atoms with van der Waals surface area (Å²) in [6, 6.07) is 31.3. The lowest BCUT2D eigenvalue weighted by Gasteiger charge is -2.10. The van der Waals surface area contributed by atoms with Crippen molar-refractivity contribution in [3.05, 3.63) is 137 Å². The van der Waals surface area contributed by atoms with Gasteiger partial charge in [-0.05, 0) is 53.4 Å². The highest BCUT2D eigenvalue weighted by molar-refractivity contribution is 6.30. The van der Waals surface area contributed by atoms with Gasteiger partial charge in [0, 0.05) is 34.8 Å². The van der Waals surface area contributed by atoms with Gasteiger partial charge in [-0.15, -0.1) is 0 Å². The summed E-state index contributed by atoms with van der Waals surface area (Å²) in [6.45, 7) is 3.21. The summed E-state index contributed by atoms with van der Waals surface area (Å²) < 4.78 is 8.10. The molecule has 0 N–H and O–H groups in total. The molecule has 0 aliphatic heterocycles. The third kappa shape index (κ3) is 3.91. The minimum Gasteiger partial charge on any atom is -0.489 e. The molecular weight excluding hydrogens is 446 g/mol. The molecule has 0 fully saturated rings. The summed E-state index contributed by atoms with van der Waals surface area (Å²) in [5.74, 6) is -0.560. The molecule has 0 spiro atoms. The van der Waals surface area contributed by atoms with E-state index in [0.717, 1.165) is 28.6 Å². The number of ketones is 2. The van der Waals surface area contributed by atoms with Crippen LogP contribution < -0.4 is 4.74 Å². The van der Waals surface area contributed by atoms with Gasteiger partial charge in [0.1, 0.15) is 18.3 Å². The second-order valence-corrected chi connectivity index (χ2v) is 9.35. The highest BCUT2D eigenvalue weighted by atomic mass is 16.5. The van der Waals surface area contributed by atoms with Gasteiger partial charge >= 0.3 is 0 Å². The van der Waals surface area contributed by atoms with Crippen molar-refractivity contribution in [2.24, 2.45) is 0 Å². The number of nitrogens with zero attached hydrogens (tertiary/aromatic N) is 1. The predicted molar refractivity (Wildman–Crippen MR) is 141 cm³/mol. The first kappa shape index (κ1) is 22.1. The topological polar surface area (TPSA) is 48.3 Å². The Hall–Kier alpha value is -4.44. The fourth-order valence-corrected chi connectivity index (χ4v) is 5.09. The molecule has 1 heterocycles. The van der Waals surface area contributed by atoms with Crippen LogP contribution in [-0.2, 0) is 13.2 Å². The third-order valence-electron chi connectivity index (χ3n) is 6.93. The lowest BCUT2D eigenvalue weighted by Crippen LogP contribution is -2.13. The van der Waals surface area contributed by atoms with Gasteiger partial charge in [-0.2, -0.15) is 0 Å². The molecule has 36 heavy (non-hydrogen) atoms. The Balaban J connectivity index is 1.30. The van der Waals surface area contributed by atoms with E-state index in [9.17, 15) is 9.59 Å². The smallest absolute Gasteiger partial charge is 0.178 e. The first-order valence-corrected chi connectivity index (χ1v) is 12.1. The Morgan fingerprint density at radius 2 is 1.44 bits per heavy atom. The zero-order valence-electron chi connectivity index (χ0n) is 20.0. The van der Waals surface area contributed by atoms with E-state index in [0.29, 0.717) is 23.5 Å². The summed E-state index contributed by atoms with van der Waals surface area (Å²) in [5, 5.41) is 1.13. The van der Waals surface area contributed by atoms with Crippen LogP contribution in [0.5, 0.6) is 5.75 Å². The van der Waals surface area contributed by atoms with Gasteiger partial charge in [-0.3, -0.25) is 9.59 Å². The minimum absolute atomic E-state index is 0.151. The summed E-state index contributed by atoms with van der Waals surface area (Å²) in [5.41, 5.74) is 6.06. The summed E-state index contributed by atoms with van der Waals surface area (Å²) in [6.07, 6.45) is 2.13. The van der Waals surface area contributed by atoms with Crippen molar-refractivity contribution in [3.63, 3.8) is 0 Å². The lowest BCUT2D eigenvalue weighted by molar-refractivity contribution is 0.0890. The van der Waals surface area contributed by atoms with Crippen LogP contribution in [0.25, 0.3) is 10.9 Å². The Morgan fingerprint density at radius 3 is 2.19 bits per heavy atom. The fourth-order valence-electron chi connectivity index (χ4n) is 5.09. The maximum atomic E-state index is 13.5. The van der Waals surface area contributed by atoms with Crippen LogP contribution >= 0.6 is 0 Å². The van der Waals surface area contributed by atoms with Crippen LogP contribution in [0.15, 0.2) is 103 Å². The largest absolute Gasteiger partial charge is 0.489 e. The van der Waals surface area contributed by atoms with Gasteiger partial charge in [0.15, 0.2) is 11.6 Å². The van der Waals surface area contributed by atoms with E-state index in [1.807, 2.05) is 66.7 Å². The van der Waals surface area contributed by atoms with E-state index < -0.39 is 5.92 Å². The number of carbonyl (C=O) groups excluding carboxylic acids is 2. The van der Waals surface area contributed by atoms with Crippen LogP contribution in [-0.4, -0.2) is 16.1 Å². The van der Waals surface area contributed by atoms with E-state index in [1.54, 1.807) is 18.2 Å². The number of hydrogen-bond donors (Lipinski definition) is 0. The van der Waals surface area contributed by atoms with Gasteiger partial charge < -0.3 is 9.30 Å². The first-order valence-electron chi connectivity index (χ1n) is 12.1. The Kier molecular flexibility index (Phi) is 5.49. The molecule has 5 aromatic rings. The van der Waals surface area contributed by atoms with E-state index >= 15 is 0 Å². The molecule has 0 saturated heterocycles. The molecule has 1 atom stereocenters. The average molecular weight is 472 g/mol. The maximum Gasteiger partial charge on any atom is 0.178 e. The van der Waals surface area contributed by atoms with Crippen LogP contribution in [0.4, 0.5) is 0 Å². The predicted octanol–water partition coefficient (Wildman–Crippen LogP) is 6.74. The summed E-state index contributed by atoms with van der Waals surface area (Å²) in [4.78, 5) is 26.8. The standard InChI is InChI=1S/C32H25NO3/c1-21-18-33(19-22-8-4-2-5-9-22)29-16-24(12-14-26(21)29)30-31(34)27-15-13-25(17-28(27)32(30)35)36-20-23-10-6-3-7-11-23/h2-18,30H,19-20H2,1H3. The molecule has 1 aromatic heterocycles. The second-order valence-electron chi connectivity index (χ2n) is 9.35. The zero-order valence-corrected chi connectivity index (χ0v) is 20.0. The van der Waals surface area contributed by atoms with Crippen LogP contribution in [0.3, 0.4) is 0 Å². The van der Waals surface area contributed by atoms with Gasteiger partial charge in [-0.1, -0.05) is 72.8 Å². The molecule has 4 aromatic carbocycles. The first-order chi connectivity index (χ1) is 17.6. The number of benzene rings is 4. The minimum atomic E-state index is -0.825. The van der Waals surface area contributed by atoms with Crippen molar-refractivity contribution in [1.82, 2.24) is 4.57 Å². The summed E-state index contributed by atoms with van der Waals surface area (Å²) in [7, 11) is 0. The van der Waals surface area contributed by atoms with Crippen molar-refractivity contribution >= 4 is 22.5 Å². The molecule has 0 amide bonds. The highest BCUT2D eigenvalue weighted by Crippen LogP contribution is 2.37. The van der Waals surface area contributed by atoms with Crippen molar-refractivity contribution in [2.75, 3.05) is 0 Å². The quantitative estimate of drug-likeness (QED) is 0.258. The van der Waals surface area contributed by atoms with Crippen molar-refractivity contribution in [3.8, 4) is 5.75 Å². The Morgan fingerprint density at radius 1 is 0.750 bits per heavy atom.